The molecule has 0 spiro atoms. The molecule has 1 heterocycles. The van der Waals surface area contributed by atoms with E-state index in [0.29, 0.717) is 48.4 Å². The number of ketones is 1. The molecule has 6 heteroatoms. The zero-order valence-electron chi connectivity index (χ0n) is 17.1. The maximum atomic E-state index is 13.3. The van der Waals surface area contributed by atoms with Gasteiger partial charge in [0.15, 0.2) is 5.78 Å². The summed E-state index contributed by atoms with van der Waals surface area (Å²) in [6.45, 7) is 7.52. The standard InChI is InChI=1S/C23H27N3O3/c1-3-25(4-2)14-15-26(13-7-12-24)23(28)19-16-29-20-11-10-17-8-5-6-9-18(17)22(27)21(19)20/h5-6,8-9,16H,3-4,7,10-11,13-15H2,1-2H3. The van der Waals surface area contributed by atoms with E-state index in [1.165, 1.54) is 6.26 Å². The van der Waals surface area contributed by atoms with Gasteiger partial charge in [0, 0.05) is 31.6 Å². The van der Waals surface area contributed by atoms with Gasteiger partial charge in [0.05, 0.1) is 23.6 Å². The van der Waals surface area contributed by atoms with Crippen LogP contribution in [0.1, 0.15) is 57.9 Å². The lowest BCUT2D eigenvalue weighted by atomic mass is 9.98. The average Bonchev–Trinajstić information content (AvgIpc) is 3.12. The van der Waals surface area contributed by atoms with Crippen LogP contribution in [0, 0.1) is 11.3 Å². The third-order valence-corrected chi connectivity index (χ3v) is 5.57. The summed E-state index contributed by atoms with van der Waals surface area (Å²) in [6.07, 6.45) is 2.95. The van der Waals surface area contributed by atoms with Gasteiger partial charge in [0.2, 0.25) is 0 Å². The SMILES string of the molecule is CCN(CC)CCN(CCC#N)C(=O)c1coc2c1C(=O)c1ccccc1CC2. The van der Waals surface area contributed by atoms with E-state index in [1.807, 2.05) is 24.3 Å². The molecule has 0 unspecified atom stereocenters. The molecule has 152 valence electrons. The number of furan rings is 1. The Morgan fingerprint density at radius 3 is 2.62 bits per heavy atom. The van der Waals surface area contributed by atoms with E-state index in [2.05, 4.69) is 24.8 Å². The molecule has 0 fully saturated rings. The second-order valence-electron chi connectivity index (χ2n) is 7.16. The number of amides is 1. The van der Waals surface area contributed by atoms with Gasteiger partial charge < -0.3 is 14.2 Å². The molecule has 0 radical (unpaired) electrons. The van der Waals surface area contributed by atoms with Crippen molar-refractivity contribution in [2.24, 2.45) is 0 Å². The Balaban J connectivity index is 1.90. The summed E-state index contributed by atoms with van der Waals surface area (Å²) in [4.78, 5) is 30.4. The van der Waals surface area contributed by atoms with Gasteiger partial charge in [0.25, 0.3) is 5.91 Å². The van der Waals surface area contributed by atoms with Crippen LogP contribution in [0.2, 0.25) is 0 Å². The molecule has 1 aliphatic rings. The summed E-state index contributed by atoms with van der Waals surface area (Å²) in [6, 6.07) is 9.62. The molecule has 3 rings (SSSR count). The van der Waals surface area contributed by atoms with Crippen molar-refractivity contribution in [2.75, 3.05) is 32.7 Å². The van der Waals surface area contributed by atoms with Gasteiger partial charge in [-0.1, -0.05) is 38.1 Å². The van der Waals surface area contributed by atoms with Gasteiger partial charge >= 0.3 is 0 Å². The van der Waals surface area contributed by atoms with Crippen molar-refractivity contribution in [3.63, 3.8) is 0 Å². The fraction of sp³-hybridized carbons (Fsp3) is 0.435. The lowest BCUT2D eigenvalue weighted by Crippen LogP contribution is -2.39. The second-order valence-corrected chi connectivity index (χ2v) is 7.16. The lowest BCUT2D eigenvalue weighted by Gasteiger charge is -2.26. The molecule has 29 heavy (non-hydrogen) atoms. The van der Waals surface area contributed by atoms with Crippen LogP contribution in [0.5, 0.6) is 0 Å². The highest BCUT2D eigenvalue weighted by atomic mass is 16.3. The van der Waals surface area contributed by atoms with Crippen LogP contribution in [0.15, 0.2) is 34.9 Å². The van der Waals surface area contributed by atoms with Gasteiger partial charge in [-0.2, -0.15) is 5.26 Å². The summed E-state index contributed by atoms with van der Waals surface area (Å²) >= 11 is 0. The van der Waals surface area contributed by atoms with Crippen molar-refractivity contribution in [3.05, 3.63) is 58.5 Å². The highest BCUT2D eigenvalue weighted by Gasteiger charge is 2.31. The van der Waals surface area contributed by atoms with Crippen molar-refractivity contribution < 1.29 is 14.0 Å². The fourth-order valence-corrected chi connectivity index (χ4v) is 3.80. The number of likely N-dealkylation sites (N-methyl/N-ethyl adjacent to an activating group) is 1. The summed E-state index contributed by atoms with van der Waals surface area (Å²) in [5.41, 5.74) is 2.29. The Kier molecular flexibility index (Phi) is 6.84. The van der Waals surface area contributed by atoms with E-state index >= 15 is 0 Å². The molecule has 6 nitrogen and oxygen atoms in total. The Hall–Kier alpha value is -2.91. The number of rotatable bonds is 8. The topological polar surface area (TPSA) is 77.6 Å². The lowest BCUT2D eigenvalue weighted by molar-refractivity contribution is 0.0736. The monoisotopic (exact) mass is 393 g/mol. The fourth-order valence-electron chi connectivity index (χ4n) is 3.80. The third-order valence-electron chi connectivity index (χ3n) is 5.57. The molecular weight excluding hydrogens is 366 g/mol. The minimum absolute atomic E-state index is 0.158. The van der Waals surface area contributed by atoms with Gasteiger partial charge in [-0.05, 0) is 25.1 Å². The summed E-state index contributed by atoms with van der Waals surface area (Å²) in [7, 11) is 0. The Morgan fingerprint density at radius 2 is 1.90 bits per heavy atom. The van der Waals surface area contributed by atoms with Gasteiger partial charge in [-0.3, -0.25) is 9.59 Å². The van der Waals surface area contributed by atoms with Crippen molar-refractivity contribution in [2.45, 2.75) is 33.1 Å². The minimum Gasteiger partial charge on any atom is -0.468 e. The van der Waals surface area contributed by atoms with E-state index in [-0.39, 0.29) is 18.1 Å². The normalized spacial score (nSPS) is 12.8. The first kappa shape index (κ1) is 20.8. The molecule has 0 bridgehead atoms. The number of carbonyl (C=O) groups excluding carboxylic acids is 2. The number of benzene rings is 1. The first-order chi connectivity index (χ1) is 14.1. The molecule has 0 N–H and O–H groups in total. The van der Waals surface area contributed by atoms with E-state index in [4.69, 9.17) is 9.68 Å². The highest BCUT2D eigenvalue weighted by Crippen LogP contribution is 2.29. The number of carbonyl (C=O) groups is 2. The number of aryl methyl sites for hydroxylation is 2. The first-order valence-corrected chi connectivity index (χ1v) is 10.2. The number of nitriles is 1. The smallest absolute Gasteiger partial charge is 0.257 e. The van der Waals surface area contributed by atoms with Gasteiger partial charge in [0.1, 0.15) is 12.0 Å². The van der Waals surface area contributed by atoms with E-state index in [9.17, 15) is 9.59 Å². The van der Waals surface area contributed by atoms with Crippen LogP contribution in [0.3, 0.4) is 0 Å². The van der Waals surface area contributed by atoms with E-state index < -0.39 is 0 Å². The minimum atomic E-state index is -0.245. The van der Waals surface area contributed by atoms with Crippen molar-refractivity contribution in [1.29, 1.82) is 5.26 Å². The molecule has 1 aromatic carbocycles. The van der Waals surface area contributed by atoms with Crippen molar-refractivity contribution in [3.8, 4) is 6.07 Å². The Labute approximate surface area is 171 Å². The quantitative estimate of drug-likeness (QED) is 0.688. The molecule has 0 aliphatic heterocycles. The largest absolute Gasteiger partial charge is 0.468 e. The predicted octanol–water partition coefficient (Wildman–Crippen LogP) is 3.31. The number of hydrogen-bond acceptors (Lipinski definition) is 5. The van der Waals surface area contributed by atoms with Crippen molar-refractivity contribution >= 4 is 11.7 Å². The summed E-state index contributed by atoms with van der Waals surface area (Å²) in [5, 5.41) is 9.01. The molecular formula is C23H27N3O3. The Bertz CT molecular complexity index is 922. The second kappa shape index (κ2) is 9.53. The maximum Gasteiger partial charge on any atom is 0.257 e. The zero-order chi connectivity index (χ0) is 20.8. The Morgan fingerprint density at radius 1 is 1.14 bits per heavy atom. The molecule has 0 saturated carbocycles. The van der Waals surface area contributed by atoms with Crippen LogP contribution in [0.25, 0.3) is 0 Å². The van der Waals surface area contributed by atoms with E-state index in [0.717, 1.165) is 25.2 Å². The van der Waals surface area contributed by atoms with Crippen LogP contribution in [-0.2, 0) is 12.8 Å². The zero-order valence-corrected chi connectivity index (χ0v) is 17.1. The average molecular weight is 393 g/mol. The van der Waals surface area contributed by atoms with Crippen LogP contribution in [-0.4, -0.2) is 54.2 Å². The van der Waals surface area contributed by atoms with E-state index in [1.54, 1.807) is 4.90 Å². The number of hydrogen-bond donors (Lipinski definition) is 0. The number of fused-ring (bicyclic) bond motifs is 2. The van der Waals surface area contributed by atoms with Crippen LogP contribution < -0.4 is 0 Å². The number of nitrogens with zero attached hydrogens (tertiary/aromatic N) is 3. The summed E-state index contributed by atoms with van der Waals surface area (Å²) in [5.74, 6) is 0.165. The maximum absolute atomic E-state index is 13.3. The van der Waals surface area contributed by atoms with Gasteiger partial charge in [-0.25, -0.2) is 0 Å². The highest BCUT2D eigenvalue weighted by molar-refractivity contribution is 6.16. The first-order valence-electron chi connectivity index (χ1n) is 10.2. The molecule has 0 atom stereocenters. The molecule has 1 aromatic heterocycles. The summed E-state index contributed by atoms with van der Waals surface area (Å²) < 4.78 is 5.67. The predicted molar refractivity (Wildman–Crippen MR) is 110 cm³/mol. The van der Waals surface area contributed by atoms with Gasteiger partial charge in [-0.15, -0.1) is 0 Å². The molecule has 2 aromatic rings. The van der Waals surface area contributed by atoms with Crippen molar-refractivity contribution in [1.82, 2.24) is 9.80 Å². The third kappa shape index (κ3) is 4.41. The van der Waals surface area contributed by atoms with Crippen LogP contribution >= 0.6 is 0 Å². The molecule has 1 aliphatic carbocycles. The molecule has 1 amide bonds. The van der Waals surface area contributed by atoms with Crippen LogP contribution in [0.4, 0.5) is 0 Å². The molecule has 0 saturated heterocycles.